The molecule has 3 N–H and O–H groups in total. The van der Waals surface area contributed by atoms with Gasteiger partial charge in [0.1, 0.15) is 6.54 Å². The number of rotatable bonds is 5. The number of nitrogens with two attached hydrogens (primary N) is 1. The first kappa shape index (κ1) is 17.2. The van der Waals surface area contributed by atoms with E-state index in [1.807, 2.05) is 6.07 Å². The number of aromatic nitrogens is 1. The number of hydrogen-bond acceptors (Lipinski definition) is 3. The molecule has 104 valence electrons. The monoisotopic (exact) mass is 366 g/mol. The first-order chi connectivity index (χ1) is 7.99. The van der Waals surface area contributed by atoms with Gasteiger partial charge in [0, 0.05) is 12.6 Å². The lowest BCUT2D eigenvalue weighted by Gasteiger charge is -2.06. The van der Waals surface area contributed by atoms with Crippen molar-refractivity contribution < 1.29 is 4.52 Å². The summed E-state index contributed by atoms with van der Waals surface area (Å²) in [6, 6.07) is 1.92. The minimum Gasteiger partial charge on any atom is -0.370 e. The second-order valence-electron chi connectivity index (χ2n) is 4.85. The van der Waals surface area contributed by atoms with Crippen LogP contribution in [0.1, 0.15) is 45.1 Å². The molecule has 0 aromatic carbocycles. The molecule has 6 heteroatoms. The Kier molecular flexibility index (Phi) is 7.97. The highest BCUT2D eigenvalue weighted by molar-refractivity contribution is 14.0. The minimum absolute atomic E-state index is 0. The minimum atomic E-state index is 0. The maximum absolute atomic E-state index is 5.71. The second kappa shape index (κ2) is 8.34. The molecule has 1 aromatic heterocycles. The van der Waals surface area contributed by atoms with E-state index in [0.29, 0.717) is 24.3 Å². The van der Waals surface area contributed by atoms with Gasteiger partial charge in [-0.15, -0.1) is 24.0 Å². The third-order valence-corrected chi connectivity index (χ3v) is 2.27. The zero-order chi connectivity index (χ0) is 12.8. The Bertz CT molecular complexity index is 374. The summed E-state index contributed by atoms with van der Waals surface area (Å²) >= 11 is 0. The van der Waals surface area contributed by atoms with Crippen molar-refractivity contribution in [2.24, 2.45) is 16.6 Å². The summed E-state index contributed by atoms with van der Waals surface area (Å²) in [5.41, 5.74) is 6.66. The Morgan fingerprint density at radius 3 is 2.61 bits per heavy atom. The zero-order valence-corrected chi connectivity index (χ0v) is 13.8. The predicted molar refractivity (Wildman–Crippen MR) is 84.2 cm³/mol. The zero-order valence-electron chi connectivity index (χ0n) is 11.4. The molecule has 0 saturated heterocycles. The normalized spacial score (nSPS) is 11.8. The van der Waals surface area contributed by atoms with E-state index in [4.69, 9.17) is 10.3 Å². The van der Waals surface area contributed by atoms with Crippen molar-refractivity contribution in [3.05, 3.63) is 17.5 Å². The van der Waals surface area contributed by atoms with Crippen LogP contribution in [0.25, 0.3) is 0 Å². The van der Waals surface area contributed by atoms with Crippen LogP contribution < -0.4 is 11.1 Å². The summed E-state index contributed by atoms with van der Waals surface area (Å²) in [7, 11) is 0. The van der Waals surface area contributed by atoms with Crippen LogP contribution >= 0.6 is 24.0 Å². The lowest BCUT2D eigenvalue weighted by molar-refractivity contribution is 0.376. The van der Waals surface area contributed by atoms with Gasteiger partial charge in [0.15, 0.2) is 11.7 Å². The van der Waals surface area contributed by atoms with Gasteiger partial charge in [-0.05, 0) is 11.8 Å². The first-order valence-corrected chi connectivity index (χ1v) is 5.98. The van der Waals surface area contributed by atoms with Gasteiger partial charge in [0.05, 0.1) is 5.69 Å². The van der Waals surface area contributed by atoms with Gasteiger partial charge in [0.25, 0.3) is 0 Å². The molecule has 0 atom stereocenters. The van der Waals surface area contributed by atoms with Crippen molar-refractivity contribution in [2.45, 2.75) is 40.2 Å². The maximum Gasteiger partial charge on any atom is 0.189 e. The lowest BCUT2D eigenvalue weighted by atomic mass is 10.1. The summed E-state index contributed by atoms with van der Waals surface area (Å²) in [5.74, 6) is 2.10. The van der Waals surface area contributed by atoms with Crippen LogP contribution in [0.5, 0.6) is 0 Å². The largest absolute Gasteiger partial charge is 0.370 e. The number of guanidine groups is 1. The third kappa shape index (κ3) is 6.23. The predicted octanol–water partition coefficient (Wildman–Crippen LogP) is 2.48. The van der Waals surface area contributed by atoms with Crippen LogP contribution in [0, 0.1) is 5.92 Å². The number of halogens is 1. The van der Waals surface area contributed by atoms with E-state index in [1.165, 1.54) is 0 Å². The van der Waals surface area contributed by atoms with Gasteiger partial charge in [-0.1, -0.05) is 32.9 Å². The van der Waals surface area contributed by atoms with Gasteiger partial charge >= 0.3 is 0 Å². The van der Waals surface area contributed by atoms with Crippen LogP contribution in [-0.2, 0) is 6.54 Å². The van der Waals surface area contributed by atoms with E-state index < -0.39 is 0 Å². The highest BCUT2D eigenvalue weighted by Crippen LogP contribution is 2.14. The molecule has 0 spiro atoms. The van der Waals surface area contributed by atoms with Gasteiger partial charge in [-0.3, -0.25) is 0 Å². The SMILES string of the molecule is CC(C)CNC(N)=NCc1cc(C(C)C)no1.I. The van der Waals surface area contributed by atoms with Crippen molar-refractivity contribution >= 4 is 29.9 Å². The number of nitrogens with zero attached hydrogens (tertiary/aromatic N) is 2. The maximum atomic E-state index is 5.71. The summed E-state index contributed by atoms with van der Waals surface area (Å²) < 4.78 is 5.16. The number of hydrogen-bond donors (Lipinski definition) is 2. The van der Waals surface area contributed by atoms with Crippen LogP contribution in [0.2, 0.25) is 0 Å². The Hall–Kier alpha value is -0.790. The average molecular weight is 366 g/mol. The van der Waals surface area contributed by atoms with Gasteiger partial charge in [-0.25, -0.2) is 4.99 Å². The van der Waals surface area contributed by atoms with E-state index in [1.54, 1.807) is 0 Å². The quantitative estimate of drug-likeness (QED) is 0.477. The molecule has 5 nitrogen and oxygen atoms in total. The summed E-state index contributed by atoms with van der Waals surface area (Å²) in [6.07, 6.45) is 0. The third-order valence-electron chi connectivity index (χ3n) is 2.27. The van der Waals surface area contributed by atoms with Crippen LogP contribution in [0.15, 0.2) is 15.6 Å². The summed E-state index contributed by atoms with van der Waals surface area (Å²) in [6.45, 7) is 9.63. The Morgan fingerprint density at radius 1 is 1.44 bits per heavy atom. The molecule has 0 radical (unpaired) electrons. The molecule has 0 amide bonds. The lowest BCUT2D eigenvalue weighted by Crippen LogP contribution is -2.34. The molecule has 1 aromatic rings. The topological polar surface area (TPSA) is 76.4 Å². The van der Waals surface area contributed by atoms with Crippen LogP contribution in [0.4, 0.5) is 0 Å². The molecule has 0 fully saturated rings. The second-order valence-corrected chi connectivity index (χ2v) is 4.85. The van der Waals surface area contributed by atoms with Crippen molar-refractivity contribution in [3.63, 3.8) is 0 Å². The molecule has 0 unspecified atom stereocenters. The molecule has 0 bridgehead atoms. The van der Waals surface area contributed by atoms with Gasteiger partial charge in [0.2, 0.25) is 0 Å². The van der Waals surface area contributed by atoms with E-state index in [2.05, 4.69) is 43.2 Å². The van der Waals surface area contributed by atoms with E-state index in [9.17, 15) is 0 Å². The average Bonchev–Trinajstić information content (AvgIpc) is 2.72. The molecular formula is C12H23IN4O. The summed E-state index contributed by atoms with van der Waals surface area (Å²) in [4.78, 5) is 4.19. The van der Waals surface area contributed by atoms with Crippen molar-refractivity contribution in [1.82, 2.24) is 10.5 Å². The van der Waals surface area contributed by atoms with Crippen molar-refractivity contribution in [1.29, 1.82) is 0 Å². The molecule has 0 aliphatic heterocycles. The van der Waals surface area contributed by atoms with Gasteiger partial charge < -0.3 is 15.6 Å². The molecule has 0 saturated carbocycles. The van der Waals surface area contributed by atoms with Gasteiger partial charge in [-0.2, -0.15) is 0 Å². The number of aliphatic imine (C=N–C) groups is 1. The standard InChI is InChI=1S/C12H22N4O.HI/c1-8(2)6-14-12(13)15-7-10-5-11(9(3)4)16-17-10;/h5,8-9H,6-7H2,1-4H3,(H3,13,14,15);1H. The smallest absolute Gasteiger partial charge is 0.189 e. The molecule has 0 aliphatic carbocycles. The summed E-state index contributed by atoms with van der Waals surface area (Å²) in [5, 5.41) is 7.01. The molecule has 1 rings (SSSR count). The molecule has 0 aliphatic rings. The highest BCUT2D eigenvalue weighted by atomic mass is 127. The van der Waals surface area contributed by atoms with Crippen LogP contribution in [0.3, 0.4) is 0 Å². The first-order valence-electron chi connectivity index (χ1n) is 5.98. The molecule has 1 heterocycles. The molecule has 18 heavy (non-hydrogen) atoms. The fourth-order valence-corrected chi connectivity index (χ4v) is 1.20. The van der Waals surface area contributed by atoms with Crippen LogP contribution in [-0.4, -0.2) is 17.7 Å². The number of nitrogens with one attached hydrogen (secondary N) is 1. The molecular weight excluding hydrogens is 343 g/mol. The van der Waals surface area contributed by atoms with Crippen molar-refractivity contribution in [3.8, 4) is 0 Å². The fraction of sp³-hybridized carbons (Fsp3) is 0.667. The Balaban J connectivity index is 0.00000289. The highest BCUT2D eigenvalue weighted by Gasteiger charge is 2.06. The Morgan fingerprint density at radius 2 is 2.11 bits per heavy atom. The van der Waals surface area contributed by atoms with E-state index in [0.717, 1.165) is 18.0 Å². The van der Waals surface area contributed by atoms with Crippen molar-refractivity contribution in [2.75, 3.05) is 6.54 Å². The Labute approximate surface area is 126 Å². The van der Waals surface area contributed by atoms with E-state index in [-0.39, 0.29) is 24.0 Å². The van der Waals surface area contributed by atoms with E-state index >= 15 is 0 Å². The fourth-order valence-electron chi connectivity index (χ4n) is 1.20.